The Bertz CT molecular complexity index is 581. The number of nitrogens with one attached hydrogen (secondary N) is 1. The smallest absolute Gasteiger partial charge is 0.328 e. The summed E-state index contributed by atoms with van der Waals surface area (Å²) in [4.78, 5) is 25.2. The van der Waals surface area contributed by atoms with Crippen molar-refractivity contribution in [3.63, 3.8) is 0 Å². The first-order chi connectivity index (χ1) is 8.67. The molecule has 2 atom stereocenters. The van der Waals surface area contributed by atoms with Crippen LogP contribution in [0.2, 0.25) is 0 Å². The Labute approximate surface area is 104 Å². The molecule has 1 aliphatic carbocycles. The fraction of sp³-hybridized carbons (Fsp3) is 0.583. The van der Waals surface area contributed by atoms with Gasteiger partial charge in [0.25, 0.3) is 5.56 Å². The molecule has 18 heavy (non-hydrogen) atoms. The van der Waals surface area contributed by atoms with E-state index in [0.29, 0.717) is 0 Å². The number of aliphatic hydroxyl groups is 1. The fourth-order valence-corrected chi connectivity index (χ4v) is 2.58. The van der Waals surface area contributed by atoms with Crippen molar-refractivity contribution in [2.45, 2.75) is 31.7 Å². The molecule has 0 radical (unpaired) electrons. The number of aliphatic hydroxyl groups excluding tert-OH is 1. The van der Waals surface area contributed by atoms with Crippen LogP contribution in [0, 0.1) is 17.2 Å². The van der Waals surface area contributed by atoms with Crippen LogP contribution < -0.4 is 11.2 Å². The lowest BCUT2D eigenvalue weighted by molar-refractivity contribution is 0.135. The zero-order valence-electron chi connectivity index (χ0n) is 9.93. The van der Waals surface area contributed by atoms with Crippen molar-refractivity contribution in [1.29, 1.82) is 5.26 Å². The number of aromatic amines is 1. The topological polar surface area (TPSA) is 98.9 Å². The summed E-state index contributed by atoms with van der Waals surface area (Å²) in [6.45, 7) is 0.0120. The van der Waals surface area contributed by atoms with Crippen LogP contribution in [0.25, 0.3) is 0 Å². The number of nitriles is 1. The van der Waals surface area contributed by atoms with Crippen LogP contribution in [-0.2, 0) is 0 Å². The van der Waals surface area contributed by atoms with E-state index in [4.69, 9.17) is 5.26 Å². The molecular formula is C12H15N3O3. The van der Waals surface area contributed by atoms with Crippen LogP contribution in [0.5, 0.6) is 0 Å². The van der Waals surface area contributed by atoms with Crippen LogP contribution in [0.3, 0.4) is 0 Å². The molecule has 0 aliphatic heterocycles. The van der Waals surface area contributed by atoms with Crippen molar-refractivity contribution >= 4 is 0 Å². The molecule has 1 aliphatic rings. The highest BCUT2D eigenvalue weighted by Gasteiger charge is 2.27. The van der Waals surface area contributed by atoms with E-state index in [1.807, 2.05) is 0 Å². The quantitative estimate of drug-likeness (QED) is 0.778. The van der Waals surface area contributed by atoms with Gasteiger partial charge in [-0.25, -0.2) is 4.79 Å². The Morgan fingerprint density at radius 2 is 2.17 bits per heavy atom. The minimum absolute atomic E-state index is 0.00824. The van der Waals surface area contributed by atoms with Crippen molar-refractivity contribution in [2.75, 3.05) is 6.61 Å². The first-order valence-electron chi connectivity index (χ1n) is 6.03. The van der Waals surface area contributed by atoms with E-state index < -0.39 is 11.2 Å². The van der Waals surface area contributed by atoms with Crippen LogP contribution in [-0.4, -0.2) is 21.3 Å². The van der Waals surface area contributed by atoms with E-state index in [9.17, 15) is 14.7 Å². The minimum Gasteiger partial charge on any atom is -0.396 e. The first-order valence-corrected chi connectivity index (χ1v) is 6.03. The van der Waals surface area contributed by atoms with E-state index in [1.54, 1.807) is 6.07 Å². The van der Waals surface area contributed by atoms with E-state index in [1.165, 1.54) is 10.8 Å². The second-order valence-corrected chi connectivity index (χ2v) is 4.62. The lowest BCUT2D eigenvalue weighted by atomic mass is 9.85. The number of aromatic nitrogens is 2. The van der Waals surface area contributed by atoms with Gasteiger partial charge in [-0.05, 0) is 12.8 Å². The van der Waals surface area contributed by atoms with Gasteiger partial charge < -0.3 is 5.11 Å². The summed E-state index contributed by atoms with van der Waals surface area (Å²) in [7, 11) is 0. The normalized spacial score (nSPS) is 23.6. The van der Waals surface area contributed by atoms with Gasteiger partial charge in [-0.2, -0.15) is 5.26 Å². The largest absolute Gasteiger partial charge is 0.396 e. The Kier molecular flexibility index (Phi) is 3.63. The van der Waals surface area contributed by atoms with Crippen LogP contribution >= 0.6 is 0 Å². The van der Waals surface area contributed by atoms with Crippen molar-refractivity contribution in [2.24, 2.45) is 5.92 Å². The molecular weight excluding hydrogens is 234 g/mol. The standard InChI is InChI=1S/C12H15N3O3/c13-5-9-6-15(12(18)14-11(9)17)10-4-2-1-3-8(10)7-16/h6,8,10,16H,1-4,7H2,(H,14,17,18). The van der Waals surface area contributed by atoms with Gasteiger partial charge in [-0.1, -0.05) is 12.8 Å². The Hall–Kier alpha value is -1.87. The molecule has 96 valence electrons. The maximum absolute atomic E-state index is 11.8. The molecule has 0 bridgehead atoms. The third-order valence-corrected chi connectivity index (χ3v) is 3.55. The zero-order chi connectivity index (χ0) is 13.1. The Balaban J connectivity index is 2.47. The molecule has 0 aromatic carbocycles. The van der Waals surface area contributed by atoms with E-state index >= 15 is 0 Å². The Morgan fingerprint density at radius 3 is 2.83 bits per heavy atom. The van der Waals surface area contributed by atoms with Crippen LogP contribution in [0.1, 0.15) is 37.3 Å². The average Bonchev–Trinajstić information content (AvgIpc) is 2.39. The van der Waals surface area contributed by atoms with Gasteiger partial charge in [0.05, 0.1) is 0 Å². The van der Waals surface area contributed by atoms with E-state index in [0.717, 1.165) is 25.7 Å². The molecule has 2 rings (SSSR count). The minimum atomic E-state index is -0.657. The summed E-state index contributed by atoms with van der Waals surface area (Å²) in [6.07, 6.45) is 4.95. The second kappa shape index (κ2) is 5.19. The third-order valence-electron chi connectivity index (χ3n) is 3.55. The third kappa shape index (κ3) is 2.22. The molecule has 6 nitrogen and oxygen atoms in total. The predicted molar refractivity (Wildman–Crippen MR) is 64.1 cm³/mol. The van der Waals surface area contributed by atoms with E-state index in [2.05, 4.69) is 4.98 Å². The number of hydrogen-bond acceptors (Lipinski definition) is 4. The first kappa shape index (κ1) is 12.6. The van der Waals surface area contributed by atoms with Crippen molar-refractivity contribution < 1.29 is 5.11 Å². The van der Waals surface area contributed by atoms with E-state index in [-0.39, 0.29) is 24.1 Å². The molecule has 1 aromatic heterocycles. The molecule has 2 N–H and O–H groups in total. The van der Waals surface area contributed by atoms with Crippen molar-refractivity contribution in [3.8, 4) is 6.07 Å². The summed E-state index contributed by atoms with van der Waals surface area (Å²) < 4.78 is 1.39. The summed E-state index contributed by atoms with van der Waals surface area (Å²) in [5.41, 5.74) is -1.24. The highest BCUT2D eigenvalue weighted by molar-refractivity contribution is 5.22. The second-order valence-electron chi connectivity index (χ2n) is 4.62. The monoisotopic (exact) mass is 249 g/mol. The molecule has 2 unspecified atom stereocenters. The van der Waals surface area contributed by atoms with Gasteiger partial charge in [0.15, 0.2) is 0 Å². The molecule has 6 heteroatoms. The zero-order valence-corrected chi connectivity index (χ0v) is 9.93. The highest BCUT2D eigenvalue weighted by atomic mass is 16.3. The summed E-state index contributed by atoms with van der Waals surface area (Å²) in [6, 6.07) is 1.63. The lowest BCUT2D eigenvalue weighted by Gasteiger charge is -2.31. The van der Waals surface area contributed by atoms with Crippen molar-refractivity contribution in [3.05, 3.63) is 32.6 Å². The maximum atomic E-state index is 11.8. The van der Waals surface area contributed by atoms with Gasteiger partial charge in [0.2, 0.25) is 0 Å². The van der Waals surface area contributed by atoms with Crippen LogP contribution in [0.15, 0.2) is 15.8 Å². The number of rotatable bonds is 2. The highest BCUT2D eigenvalue weighted by Crippen LogP contribution is 2.32. The van der Waals surface area contributed by atoms with Gasteiger partial charge in [-0.3, -0.25) is 14.3 Å². The molecule has 1 heterocycles. The van der Waals surface area contributed by atoms with Gasteiger partial charge in [0, 0.05) is 24.8 Å². The molecule has 0 spiro atoms. The molecule has 1 fully saturated rings. The van der Waals surface area contributed by atoms with Crippen LogP contribution in [0.4, 0.5) is 0 Å². The maximum Gasteiger partial charge on any atom is 0.328 e. The Morgan fingerprint density at radius 1 is 1.44 bits per heavy atom. The number of H-pyrrole nitrogens is 1. The number of hydrogen-bond donors (Lipinski definition) is 2. The number of nitrogens with zero attached hydrogens (tertiary/aromatic N) is 2. The summed E-state index contributed by atoms with van der Waals surface area (Å²) in [5, 5.41) is 18.2. The molecule has 1 aromatic rings. The van der Waals surface area contributed by atoms with Gasteiger partial charge >= 0.3 is 5.69 Å². The lowest BCUT2D eigenvalue weighted by Crippen LogP contribution is -2.38. The average molecular weight is 249 g/mol. The molecule has 0 amide bonds. The SMILES string of the molecule is N#Cc1cn(C2CCCCC2CO)c(=O)[nH]c1=O. The summed E-state index contributed by atoms with van der Waals surface area (Å²) >= 11 is 0. The fourth-order valence-electron chi connectivity index (χ4n) is 2.58. The predicted octanol–water partition coefficient (Wildman–Crippen LogP) is 0.132. The molecule has 0 saturated heterocycles. The van der Waals surface area contributed by atoms with Gasteiger partial charge in [-0.15, -0.1) is 0 Å². The summed E-state index contributed by atoms with van der Waals surface area (Å²) in [5.74, 6) is 0.00824. The molecule has 1 saturated carbocycles. The van der Waals surface area contributed by atoms with Gasteiger partial charge in [0.1, 0.15) is 11.6 Å². The van der Waals surface area contributed by atoms with Crippen molar-refractivity contribution in [1.82, 2.24) is 9.55 Å².